The standard InChI is InChI=1S/C15H18ClFN2O2/c16-12-5-3-4-11(15(12)17)10-18-13(20)7-9-19-8-2-1-6-14(19)21/h3-5H,1-2,6-10H2,(H,18,20). The van der Waals surface area contributed by atoms with Gasteiger partial charge in [0.15, 0.2) is 0 Å². The first-order valence-corrected chi connectivity index (χ1v) is 7.43. The molecule has 0 bridgehead atoms. The van der Waals surface area contributed by atoms with Crippen LogP contribution in [0.25, 0.3) is 0 Å². The molecule has 114 valence electrons. The highest BCUT2D eigenvalue weighted by atomic mass is 35.5. The van der Waals surface area contributed by atoms with Crippen LogP contribution in [-0.4, -0.2) is 29.8 Å². The average molecular weight is 313 g/mol. The molecule has 21 heavy (non-hydrogen) atoms. The summed E-state index contributed by atoms with van der Waals surface area (Å²) in [6.07, 6.45) is 2.71. The lowest BCUT2D eigenvalue weighted by Crippen LogP contribution is -2.38. The number of carbonyl (C=O) groups excluding carboxylic acids is 2. The Kier molecular flexibility index (Phi) is 5.56. The summed E-state index contributed by atoms with van der Waals surface area (Å²) in [7, 11) is 0. The fourth-order valence-corrected chi connectivity index (χ4v) is 2.50. The largest absolute Gasteiger partial charge is 0.352 e. The van der Waals surface area contributed by atoms with Crippen molar-refractivity contribution in [3.63, 3.8) is 0 Å². The molecule has 1 aliphatic heterocycles. The van der Waals surface area contributed by atoms with Crippen molar-refractivity contribution in [2.24, 2.45) is 0 Å². The van der Waals surface area contributed by atoms with Gasteiger partial charge in [-0.2, -0.15) is 0 Å². The first-order chi connectivity index (χ1) is 10.1. The van der Waals surface area contributed by atoms with Crippen LogP contribution < -0.4 is 5.32 Å². The topological polar surface area (TPSA) is 49.4 Å². The molecule has 1 aliphatic rings. The van der Waals surface area contributed by atoms with Crippen molar-refractivity contribution >= 4 is 23.4 Å². The summed E-state index contributed by atoms with van der Waals surface area (Å²) >= 11 is 5.68. The Hall–Kier alpha value is -1.62. The molecule has 2 rings (SSSR count). The van der Waals surface area contributed by atoms with Gasteiger partial charge >= 0.3 is 0 Å². The summed E-state index contributed by atoms with van der Waals surface area (Å²) in [5, 5.41) is 2.69. The predicted octanol–water partition coefficient (Wildman–Crippen LogP) is 2.50. The minimum Gasteiger partial charge on any atom is -0.352 e. The molecule has 0 aliphatic carbocycles. The van der Waals surface area contributed by atoms with E-state index in [2.05, 4.69) is 5.32 Å². The second-order valence-corrected chi connectivity index (χ2v) is 5.48. The molecule has 4 nitrogen and oxygen atoms in total. The van der Waals surface area contributed by atoms with E-state index in [4.69, 9.17) is 11.6 Å². The van der Waals surface area contributed by atoms with Crippen molar-refractivity contribution < 1.29 is 14.0 Å². The van der Waals surface area contributed by atoms with Crippen molar-refractivity contribution in [2.45, 2.75) is 32.2 Å². The van der Waals surface area contributed by atoms with Crippen molar-refractivity contribution in [3.05, 3.63) is 34.6 Å². The van der Waals surface area contributed by atoms with E-state index < -0.39 is 5.82 Å². The predicted molar refractivity (Wildman–Crippen MR) is 78.3 cm³/mol. The lowest BCUT2D eigenvalue weighted by Gasteiger charge is -2.26. The molecule has 1 aromatic carbocycles. The number of carbonyl (C=O) groups is 2. The average Bonchev–Trinajstić information content (AvgIpc) is 2.48. The summed E-state index contributed by atoms with van der Waals surface area (Å²) in [5.41, 5.74) is 0.352. The molecule has 1 heterocycles. The van der Waals surface area contributed by atoms with Gasteiger partial charge in [-0.25, -0.2) is 4.39 Å². The minimum atomic E-state index is -0.509. The first-order valence-electron chi connectivity index (χ1n) is 7.05. The molecule has 0 saturated carbocycles. The van der Waals surface area contributed by atoms with Gasteiger partial charge in [0.25, 0.3) is 0 Å². The van der Waals surface area contributed by atoms with Gasteiger partial charge in [0.05, 0.1) is 5.02 Å². The molecule has 1 N–H and O–H groups in total. The number of likely N-dealkylation sites (tertiary alicyclic amines) is 1. The number of hydrogen-bond donors (Lipinski definition) is 1. The summed E-state index contributed by atoms with van der Waals surface area (Å²) in [6.45, 7) is 1.23. The minimum absolute atomic E-state index is 0.0423. The van der Waals surface area contributed by atoms with E-state index in [9.17, 15) is 14.0 Å². The maximum absolute atomic E-state index is 13.6. The van der Waals surface area contributed by atoms with E-state index in [-0.39, 0.29) is 29.8 Å². The summed E-state index contributed by atoms with van der Waals surface area (Å²) in [5.74, 6) is -0.603. The van der Waals surface area contributed by atoms with Crippen LogP contribution in [0.2, 0.25) is 5.02 Å². The third-order valence-electron chi connectivity index (χ3n) is 3.54. The summed E-state index contributed by atoms with van der Waals surface area (Å²) in [6, 6.07) is 4.68. The van der Waals surface area contributed by atoms with Crippen LogP contribution in [0.4, 0.5) is 4.39 Å². The number of nitrogens with one attached hydrogen (secondary N) is 1. The van der Waals surface area contributed by atoms with Crippen LogP contribution in [0.3, 0.4) is 0 Å². The SMILES string of the molecule is O=C(CCN1CCCCC1=O)NCc1cccc(Cl)c1F. The van der Waals surface area contributed by atoms with Crippen LogP contribution in [0.5, 0.6) is 0 Å². The Morgan fingerprint density at radius 1 is 1.38 bits per heavy atom. The molecule has 1 fully saturated rings. The van der Waals surface area contributed by atoms with Gasteiger partial charge in [0, 0.05) is 38.0 Å². The molecule has 0 atom stereocenters. The van der Waals surface area contributed by atoms with Gasteiger partial charge in [-0.1, -0.05) is 23.7 Å². The van der Waals surface area contributed by atoms with Crippen molar-refractivity contribution in [3.8, 4) is 0 Å². The number of nitrogens with zero attached hydrogens (tertiary/aromatic N) is 1. The van der Waals surface area contributed by atoms with E-state index >= 15 is 0 Å². The van der Waals surface area contributed by atoms with Crippen LogP contribution >= 0.6 is 11.6 Å². The smallest absolute Gasteiger partial charge is 0.222 e. The number of rotatable bonds is 5. The van der Waals surface area contributed by atoms with Crippen LogP contribution in [0.15, 0.2) is 18.2 Å². The third-order valence-corrected chi connectivity index (χ3v) is 3.83. The van der Waals surface area contributed by atoms with Gasteiger partial charge in [-0.05, 0) is 18.9 Å². The first kappa shape index (κ1) is 15.8. The summed E-state index contributed by atoms with van der Waals surface area (Å²) in [4.78, 5) is 25.1. The summed E-state index contributed by atoms with van der Waals surface area (Å²) < 4.78 is 13.6. The van der Waals surface area contributed by atoms with Gasteiger partial charge < -0.3 is 10.2 Å². The zero-order valence-electron chi connectivity index (χ0n) is 11.7. The lowest BCUT2D eigenvalue weighted by molar-refractivity contribution is -0.133. The third kappa shape index (κ3) is 4.43. The Bertz CT molecular complexity index is 536. The molecular weight excluding hydrogens is 295 g/mol. The quantitative estimate of drug-likeness (QED) is 0.908. The Labute approximate surface area is 128 Å². The molecule has 1 aromatic rings. The van der Waals surface area contributed by atoms with E-state index in [1.165, 1.54) is 6.07 Å². The van der Waals surface area contributed by atoms with Crippen LogP contribution in [-0.2, 0) is 16.1 Å². The second-order valence-electron chi connectivity index (χ2n) is 5.08. The van der Waals surface area contributed by atoms with E-state index in [1.807, 2.05) is 0 Å². The molecule has 2 amide bonds. The highest BCUT2D eigenvalue weighted by Crippen LogP contribution is 2.17. The van der Waals surface area contributed by atoms with E-state index in [1.54, 1.807) is 17.0 Å². The fraction of sp³-hybridized carbons (Fsp3) is 0.467. The molecule has 0 spiro atoms. The Morgan fingerprint density at radius 2 is 2.19 bits per heavy atom. The number of benzene rings is 1. The highest BCUT2D eigenvalue weighted by molar-refractivity contribution is 6.30. The molecule has 1 saturated heterocycles. The number of halogens is 2. The molecular formula is C15H18ClFN2O2. The highest BCUT2D eigenvalue weighted by Gasteiger charge is 2.18. The van der Waals surface area contributed by atoms with Crippen molar-refractivity contribution in [1.82, 2.24) is 10.2 Å². The second kappa shape index (κ2) is 7.41. The van der Waals surface area contributed by atoms with Crippen LogP contribution in [0.1, 0.15) is 31.2 Å². The number of hydrogen-bond acceptors (Lipinski definition) is 2. The maximum atomic E-state index is 13.6. The van der Waals surface area contributed by atoms with Gasteiger partial charge in [-0.15, -0.1) is 0 Å². The van der Waals surface area contributed by atoms with E-state index in [0.717, 1.165) is 19.4 Å². The fourth-order valence-electron chi connectivity index (χ4n) is 2.30. The van der Waals surface area contributed by atoms with E-state index in [0.29, 0.717) is 18.5 Å². The molecule has 0 unspecified atom stereocenters. The maximum Gasteiger partial charge on any atom is 0.222 e. The van der Waals surface area contributed by atoms with Gasteiger partial charge in [-0.3, -0.25) is 9.59 Å². The van der Waals surface area contributed by atoms with Gasteiger partial charge in [0.2, 0.25) is 11.8 Å². The Morgan fingerprint density at radius 3 is 2.95 bits per heavy atom. The normalized spacial score (nSPS) is 15.1. The molecule has 0 radical (unpaired) electrons. The zero-order chi connectivity index (χ0) is 15.2. The zero-order valence-corrected chi connectivity index (χ0v) is 12.5. The van der Waals surface area contributed by atoms with Crippen molar-refractivity contribution in [1.29, 1.82) is 0 Å². The lowest BCUT2D eigenvalue weighted by atomic mass is 10.1. The molecule has 6 heteroatoms. The van der Waals surface area contributed by atoms with Gasteiger partial charge in [0.1, 0.15) is 5.82 Å². The monoisotopic (exact) mass is 312 g/mol. The van der Waals surface area contributed by atoms with Crippen LogP contribution in [0, 0.1) is 5.82 Å². The Balaban J connectivity index is 1.77. The van der Waals surface area contributed by atoms with Crippen molar-refractivity contribution in [2.75, 3.05) is 13.1 Å². The number of amides is 2. The number of piperidine rings is 1. The molecule has 0 aromatic heterocycles.